The Morgan fingerprint density at radius 1 is 1.00 bits per heavy atom. The monoisotopic (exact) mass is 434 g/mol. The number of halogens is 2. The van der Waals surface area contributed by atoms with E-state index in [0.717, 1.165) is 25.7 Å². The predicted octanol–water partition coefficient (Wildman–Crippen LogP) is 5.85. The average molecular weight is 434 g/mol. The van der Waals surface area contributed by atoms with E-state index in [4.69, 9.17) is 4.42 Å². The van der Waals surface area contributed by atoms with Crippen LogP contribution >= 0.6 is 0 Å². The molecule has 2 aromatic carbocycles. The minimum Gasteiger partial charge on any atom is -0.449 e. The number of para-hydroxylation sites is 1. The van der Waals surface area contributed by atoms with E-state index in [1.54, 1.807) is 30.3 Å². The molecule has 1 amide bonds. The SMILES string of the molecule is O=C(Nc1ccccc1F)c1ccc(-c2c(-c3ccc(F)cc3)nnn2C2CCCC2)o1. The molecule has 6 nitrogen and oxygen atoms in total. The number of furan rings is 1. The van der Waals surface area contributed by atoms with Gasteiger partial charge in [0.15, 0.2) is 11.5 Å². The van der Waals surface area contributed by atoms with Gasteiger partial charge in [0.2, 0.25) is 0 Å². The number of rotatable bonds is 5. The number of carbonyl (C=O) groups excluding carboxylic acids is 1. The van der Waals surface area contributed by atoms with Crippen molar-refractivity contribution in [1.82, 2.24) is 15.0 Å². The fourth-order valence-electron chi connectivity index (χ4n) is 4.06. The van der Waals surface area contributed by atoms with Crippen LogP contribution in [0, 0.1) is 11.6 Å². The molecule has 0 saturated heterocycles. The van der Waals surface area contributed by atoms with Crippen molar-refractivity contribution in [2.45, 2.75) is 31.7 Å². The number of nitrogens with one attached hydrogen (secondary N) is 1. The molecule has 0 spiro atoms. The second-order valence-corrected chi connectivity index (χ2v) is 7.77. The molecule has 8 heteroatoms. The van der Waals surface area contributed by atoms with Crippen LogP contribution in [0.2, 0.25) is 0 Å². The number of nitrogens with zero attached hydrogens (tertiary/aromatic N) is 3. The summed E-state index contributed by atoms with van der Waals surface area (Å²) < 4.78 is 35.1. The normalized spacial score (nSPS) is 14.1. The molecule has 0 aliphatic heterocycles. The zero-order valence-corrected chi connectivity index (χ0v) is 17.1. The summed E-state index contributed by atoms with van der Waals surface area (Å²) in [5.41, 5.74) is 1.94. The summed E-state index contributed by atoms with van der Waals surface area (Å²) in [4.78, 5) is 12.6. The van der Waals surface area contributed by atoms with Gasteiger partial charge in [-0.05, 0) is 61.4 Å². The van der Waals surface area contributed by atoms with Crippen molar-refractivity contribution in [3.8, 4) is 22.7 Å². The third-order valence-electron chi connectivity index (χ3n) is 5.67. The third-order valence-corrected chi connectivity index (χ3v) is 5.67. The first-order valence-corrected chi connectivity index (χ1v) is 10.5. The fourth-order valence-corrected chi connectivity index (χ4v) is 4.06. The Balaban J connectivity index is 1.52. The lowest BCUT2D eigenvalue weighted by Crippen LogP contribution is -2.12. The summed E-state index contributed by atoms with van der Waals surface area (Å²) in [5.74, 6) is -0.990. The summed E-state index contributed by atoms with van der Waals surface area (Å²) in [6, 6.07) is 15.3. The Morgan fingerprint density at radius 2 is 1.75 bits per heavy atom. The van der Waals surface area contributed by atoms with Gasteiger partial charge in [-0.2, -0.15) is 0 Å². The zero-order valence-electron chi connectivity index (χ0n) is 17.1. The Bertz CT molecular complexity index is 1260. The molecule has 1 fully saturated rings. The molecule has 1 saturated carbocycles. The van der Waals surface area contributed by atoms with Crippen molar-refractivity contribution < 1.29 is 18.0 Å². The predicted molar refractivity (Wildman–Crippen MR) is 115 cm³/mol. The Morgan fingerprint density at radius 3 is 2.50 bits per heavy atom. The summed E-state index contributed by atoms with van der Waals surface area (Å²) in [5, 5.41) is 11.2. The first-order valence-electron chi connectivity index (χ1n) is 10.5. The zero-order chi connectivity index (χ0) is 22.1. The van der Waals surface area contributed by atoms with E-state index in [0.29, 0.717) is 22.7 Å². The minimum absolute atomic E-state index is 0.0347. The molecule has 0 atom stereocenters. The molecule has 1 N–H and O–H groups in total. The van der Waals surface area contributed by atoms with E-state index in [1.165, 1.54) is 30.3 Å². The quantitative estimate of drug-likeness (QED) is 0.428. The molecule has 0 radical (unpaired) electrons. The van der Waals surface area contributed by atoms with Gasteiger partial charge in [-0.25, -0.2) is 13.5 Å². The maximum Gasteiger partial charge on any atom is 0.291 e. The van der Waals surface area contributed by atoms with Gasteiger partial charge in [-0.1, -0.05) is 30.2 Å². The van der Waals surface area contributed by atoms with Crippen LogP contribution in [0.4, 0.5) is 14.5 Å². The van der Waals surface area contributed by atoms with Crippen LogP contribution in [0.15, 0.2) is 65.1 Å². The van der Waals surface area contributed by atoms with Crippen molar-refractivity contribution in [3.63, 3.8) is 0 Å². The van der Waals surface area contributed by atoms with Crippen molar-refractivity contribution >= 4 is 11.6 Å². The van der Waals surface area contributed by atoms with E-state index in [-0.39, 0.29) is 23.3 Å². The Kier molecular flexibility index (Phi) is 5.26. The van der Waals surface area contributed by atoms with E-state index in [9.17, 15) is 13.6 Å². The van der Waals surface area contributed by atoms with E-state index in [1.807, 2.05) is 4.68 Å². The van der Waals surface area contributed by atoms with E-state index in [2.05, 4.69) is 15.6 Å². The molecule has 1 aliphatic carbocycles. The van der Waals surface area contributed by atoms with Crippen LogP contribution in [-0.4, -0.2) is 20.9 Å². The van der Waals surface area contributed by atoms with Crippen molar-refractivity contribution in [3.05, 3.63) is 78.1 Å². The number of hydrogen-bond donors (Lipinski definition) is 1. The standard InChI is InChI=1S/C24H20F2N4O2/c25-16-11-9-15(10-12-16)22-23(30(29-28-22)17-5-1-2-6-17)20-13-14-21(32-20)24(31)27-19-8-4-3-7-18(19)26/h3-4,7-14,17H,1-2,5-6H2,(H,27,31). The molecule has 5 rings (SSSR count). The van der Waals surface area contributed by atoms with Gasteiger partial charge in [-0.3, -0.25) is 4.79 Å². The van der Waals surface area contributed by atoms with Gasteiger partial charge < -0.3 is 9.73 Å². The van der Waals surface area contributed by atoms with E-state index >= 15 is 0 Å². The van der Waals surface area contributed by atoms with Gasteiger partial charge in [-0.15, -0.1) is 5.10 Å². The largest absolute Gasteiger partial charge is 0.449 e. The molecule has 2 aromatic heterocycles. The van der Waals surface area contributed by atoms with Gasteiger partial charge in [0, 0.05) is 5.56 Å². The number of aromatic nitrogens is 3. The first kappa shape index (κ1) is 20.1. The Hall–Kier alpha value is -3.81. The van der Waals surface area contributed by atoms with Crippen molar-refractivity contribution in [1.29, 1.82) is 0 Å². The molecular formula is C24H20F2N4O2. The lowest BCUT2D eigenvalue weighted by molar-refractivity contribution is 0.0997. The van der Waals surface area contributed by atoms with Crippen LogP contribution in [0.25, 0.3) is 22.7 Å². The van der Waals surface area contributed by atoms with Crippen LogP contribution in [-0.2, 0) is 0 Å². The summed E-state index contributed by atoms with van der Waals surface area (Å²) in [6.07, 6.45) is 4.15. The smallest absolute Gasteiger partial charge is 0.291 e. The highest BCUT2D eigenvalue weighted by molar-refractivity contribution is 6.02. The van der Waals surface area contributed by atoms with Crippen LogP contribution in [0.5, 0.6) is 0 Å². The second-order valence-electron chi connectivity index (χ2n) is 7.77. The Labute approximate surface area is 182 Å². The van der Waals surface area contributed by atoms with Gasteiger partial charge >= 0.3 is 0 Å². The van der Waals surface area contributed by atoms with Crippen molar-refractivity contribution in [2.75, 3.05) is 5.32 Å². The van der Waals surface area contributed by atoms with Crippen LogP contribution < -0.4 is 5.32 Å². The minimum atomic E-state index is -0.565. The topological polar surface area (TPSA) is 73.0 Å². The number of anilines is 1. The molecular weight excluding hydrogens is 414 g/mol. The molecule has 0 bridgehead atoms. The van der Waals surface area contributed by atoms with Crippen LogP contribution in [0.1, 0.15) is 42.3 Å². The average Bonchev–Trinajstić information content (AvgIpc) is 3.55. The summed E-state index contributed by atoms with van der Waals surface area (Å²) in [6.45, 7) is 0. The van der Waals surface area contributed by atoms with Gasteiger partial charge in [0.25, 0.3) is 5.91 Å². The molecule has 1 aliphatic rings. The maximum absolute atomic E-state index is 13.9. The third kappa shape index (κ3) is 3.79. The summed E-state index contributed by atoms with van der Waals surface area (Å²) in [7, 11) is 0. The fraction of sp³-hybridized carbons (Fsp3) is 0.208. The molecule has 162 valence electrons. The van der Waals surface area contributed by atoms with Crippen LogP contribution in [0.3, 0.4) is 0 Å². The maximum atomic E-state index is 13.9. The second kappa shape index (κ2) is 8.37. The lowest BCUT2D eigenvalue weighted by Gasteiger charge is -2.12. The lowest BCUT2D eigenvalue weighted by atomic mass is 10.1. The molecule has 0 unspecified atom stereocenters. The number of amides is 1. The first-order chi connectivity index (χ1) is 15.6. The van der Waals surface area contributed by atoms with Crippen molar-refractivity contribution in [2.24, 2.45) is 0 Å². The molecule has 2 heterocycles. The van der Waals surface area contributed by atoms with Gasteiger partial charge in [0.05, 0.1) is 11.7 Å². The summed E-state index contributed by atoms with van der Waals surface area (Å²) >= 11 is 0. The highest BCUT2D eigenvalue weighted by Crippen LogP contribution is 2.38. The molecule has 4 aromatic rings. The number of carbonyl (C=O) groups is 1. The number of benzene rings is 2. The van der Waals surface area contributed by atoms with E-state index < -0.39 is 11.7 Å². The molecule has 32 heavy (non-hydrogen) atoms. The van der Waals surface area contributed by atoms with Gasteiger partial charge in [0.1, 0.15) is 23.0 Å². The number of hydrogen-bond acceptors (Lipinski definition) is 4. The highest BCUT2D eigenvalue weighted by Gasteiger charge is 2.27. The highest BCUT2D eigenvalue weighted by atomic mass is 19.1.